The molecule has 2 amide bonds. The Morgan fingerprint density at radius 1 is 1.21 bits per heavy atom. The molecule has 0 heterocycles. The highest BCUT2D eigenvalue weighted by molar-refractivity contribution is 5.94. The second kappa shape index (κ2) is 6.21. The van der Waals surface area contributed by atoms with Gasteiger partial charge in [0.2, 0.25) is 11.8 Å². The predicted octanol–water partition coefficient (Wildman–Crippen LogP) is 2.17. The summed E-state index contributed by atoms with van der Waals surface area (Å²) in [6.45, 7) is 1.35. The van der Waals surface area contributed by atoms with E-state index in [1.54, 1.807) is 6.92 Å². The van der Waals surface area contributed by atoms with Gasteiger partial charge in [0, 0.05) is 12.1 Å². The zero-order chi connectivity index (χ0) is 14.5. The molecule has 1 aromatic rings. The molecule has 1 rings (SSSR count). The summed E-state index contributed by atoms with van der Waals surface area (Å²) in [6.07, 6.45) is -4.23. The van der Waals surface area contributed by atoms with Crippen LogP contribution in [0.2, 0.25) is 0 Å². The number of amides is 2. The number of benzene rings is 1. The molecule has 0 unspecified atom stereocenters. The van der Waals surface area contributed by atoms with Gasteiger partial charge in [-0.25, -0.2) is 0 Å². The molecule has 0 fully saturated rings. The maximum Gasteiger partial charge on any atom is 0.416 e. The molecule has 0 bridgehead atoms. The van der Waals surface area contributed by atoms with E-state index < -0.39 is 17.6 Å². The van der Waals surface area contributed by atoms with Crippen LogP contribution in [-0.4, -0.2) is 18.4 Å². The lowest BCUT2D eigenvalue weighted by Gasteiger charge is -2.10. The molecule has 0 aliphatic heterocycles. The molecule has 1 aromatic carbocycles. The van der Waals surface area contributed by atoms with Gasteiger partial charge >= 0.3 is 6.18 Å². The molecule has 19 heavy (non-hydrogen) atoms. The van der Waals surface area contributed by atoms with Crippen molar-refractivity contribution in [3.63, 3.8) is 0 Å². The quantitative estimate of drug-likeness (QED) is 0.884. The van der Waals surface area contributed by atoms with Crippen LogP contribution >= 0.6 is 0 Å². The van der Waals surface area contributed by atoms with Crippen molar-refractivity contribution in [2.75, 3.05) is 11.9 Å². The Labute approximate surface area is 108 Å². The van der Waals surface area contributed by atoms with E-state index in [9.17, 15) is 22.8 Å². The zero-order valence-electron chi connectivity index (χ0n) is 10.2. The van der Waals surface area contributed by atoms with Gasteiger partial charge in [0.15, 0.2) is 0 Å². The summed E-state index contributed by atoms with van der Waals surface area (Å²) in [7, 11) is 0. The molecule has 104 valence electrons. The fourth-order valence-electron chi connectivity index (χ4n) is 1.28. The van der Waals surface area contributed by atoms with E-state index in [4.69, 9.17) is 0 Å². The predicted molar refractivity (Wildman–Crippen MR) is 63.4 cm³/mol. The minimum Gasteiger partial charge on any atom is -0.347 e. The van der Waals surface area contributed by atoms with Crippen LogP contribution in [0.4, 0.5) is 18.9 Å². The number of hydrogen-bond donors (Lipinski definition) is 2. The largest absolute Gasteiger partial charge is 0.416 e. The van der Waals surface area contributed by atoms with Gasteiger partial charge in [0.1, 0.15) is 0 Å². The Morgan fingerprint density at radius 2 is 1.89 bits per heavy atom. The van der Waals surface area contributed by atoms with E-state index in [2.05, 4.69) is 10.6 Å². The maximum absolute atomic E-state index is 12.4. The van der Waals surface area contributed by atoms with Gasteiger partial charge < -0.3 is 10.6 Å². The smallest absolute Gasteiger partial charge is 0.347 e. The van der Waals surface area contributed by atoms with Crippen molar-refractivity contribution in [2.24, 2.45) is 0 Å². The van der Waals surface area contributed by atoms with E-state index in [-0.39, 0.29) is 24.6 Å². The highest BCUT2D eigenvalue weighted by Crippen LogP contribution is 2.30. The lowest BCUT2D eigenvalue weighted by atomic mass is 10.2. The van der Waals surface area contributed by atoms with E-state index in [1.807, 2.05) is 0 Å². The Bertz CT molecular complexity index is 472. The van der Waals surface area contributed by atoms with Gasteiger partial charge in [-0.2, -0.15) is 13.2 Å². The lowest BCUT2D eigenvalue weighted by molar-refractivity contribution is -0.137. The third-order valence-corrected chi connectivity index (χ3v) is 2.24. The van der Waals surface area contributed by atoms with Crippen LogP contribution in [0.15, 0.2) is 24.3 Å². The van der Waals surface area contributed by atoms with Gasteiger partial charge in [0.05, 0.1) is 12.1 Å². The van der Waals surface area contributed by atoms with Crippen molar-refractivity contribution >= 4 is 17.5 Å². The van der Waals surface area contributed by atoms with Gasteiger partial charge in [-0.3, -0.25) is 9.59 Å². The molecular weight excluding hydrogens is 261 g/mol. The minimum atomic E-state index is -4.46. The fourth-order valence-corrected chi connectivity index (χ4v) is 1.28. The van der Waals surface area contributed by atoms with E-state index in [0.29, 0.717) is 0 Å². The first-order valence-corrected chi connectivity index (χ1v) is 5.56. The summed E-state index contributed by atoms with van der Waals surface area (Å²) < 4.78 is 37.3. The molecule has 0 aliphatic rings. The second-order valence-corrected chi connectivity index (χ2v) is 3.76. The van der Waals surface area contributed by atoms with Gasteiger partial charge in [-0.1, -0.05) is 13.0 Å². The minimum absolute atomic E-state index is 0.0329. The van der Waals surface area contributed by atoms with Crippen molar-refractivity contribution in [1.82, 2.24) is 5.32 Å². The third kappa shape index (κ3) is 4.99. The first kappa shape index (κ1) is 15.0. The summed E-state index contributed by atoms with van der Waals surface area (Å²) in [5, 5.41) is 4.60. The molecule has 0 atom stereocenters. The molecule has 0 radical (unpaired) electrons. The van der Waals surface area contributed by atoms with Crippen molar-refractivity contribution in [2.45, 2.75) is 19.5 Å². The second-order valence-electron chi connectivity index (χ2n) is 3.76. The van der Waals surface area contributed by atoms with E-state index in [1.165, 1.54) is 12.1 Å². The first-order chi connectivity index (χ1) is 8.82. The molecule has 0 aliphatic carbocycles. The number of hydrogen-bond acceptors (Lipinski definition) is 2. The number of carbonyl (C=O) groups excluding carboxylic acids is 2. The normalized spacial score (nSPS) is 10.9. The van der Waals surface area contributed by atoms with Crippen LogP contribution in [0.3, 0.4) is 0 Å². The average molecular weight is 274 g/mol. The maximum atomic E-state index is 12.4. The van der Waals surface area contributed by atoms with Gasteiger partial charge in [0.25, 0.3) is 0 Å². The van der Waals surface area contributed by atoms with Crippen LogP contribution in [0.1, 0.15) is 18.9 Å². The van der Waals surface area contributed by atoms with Gasteiger partial charge in [-0.05, 0) is 18.2 Å². The SMILES string of the molecule is CCC(=O)NCC(=O)Nc1cccc(C(F)(F)F)c1. The van der Waals surface area contributed by atoms with Crippen molar-refractivity contribution in [1.29, 1.82) is 0 Å². The van der Waals surface area contributed by atoms with Crippen LogP contribution in [0, 0.1) is 0 Å². The van der Waals surface area contributed by atoms with E-state index in [0.717, 1.165) is 12.1 Å². The first-order valence-electron chi connectivity index (χ1n) is 5.56. The van der Waals surface area contributed by atoms with Crippen LogP contribution in [0.5, 0.6) is 0 Å². The summed E-state index contributed by atoms with van der Waals surface area (Å²) in [5.74, 6) is -0.889. The van der Waals surface area contributed by atoms with E-state index >= 15 is 0 Å². The summed E-state index contributed by atoms with van der Waals surface area (Å²) in [6, 6.07) is 4.28. The molecule has 2 N–H and O–H groups in total. The molecular formula is C12H13F3N2O2. The number of nitrogens with one attached hydrogen (secondary N) is 2. The number of anilines is 1. The Balaban J connectivity index is 2.62. The zero-order valence-corrected chi connectivity index (χ0v) is 10.2. The van der Waals surface area contributed by atoms with Crippen molar-refractivity contribution in [3.8, 4) is 0 Å². The Kier molecular flexibility index (Phi) is 4.91. The van der Waals surface area contributed by atoms with Gasteiger partial charge in [-0.15, -0.1) is 0 Å². The average Bonchev–Trinajstić information content (AvgIpc) is 2.35. The number of alkyl halides is 3. The number of halogens is 3. The molecule has 0 saturated carbocycles. The van der Waals surface area contributed by atoms with Crippen molar-refractivity contribution in [3.05, 3.63) is 29.8 Å². The topological polar surface area (TPSA) is 58.2 Å². The number of carbonyl (C=O) groups is 2. The molecule has 0 saturated heterocycles. The van der Waals surface area contributed by atoms with Crippen molar-refractivity contribution < 1.29 is 22.8 Å². The molecule has 7 heteroatoms. The lowest BCUT2D eigenvalue weighted by Crippen LogP contribution is -2.32. The Morgan fingerprint density at radius 3 is 2.47 bits per heavy atom. The third-order valence-electron chi connectivity index (χ3n) is 2.24. The molecule has 4 nitrogen and oxygen atoms in total. The Hall–Kier alpha value is -2.05. The molecule has 0 aromatic heterocycles. The standard InChI is InChI=1S/C12H13F3N2O2/c1-2-10(18)16-7-11(19)17-9-5-3-4-8(6-9)12(13,14)15/h3-6H,2,7H2,1H3,(H,16,18)(H,17,19). The monoisotopic (exact) mass is 274 g/mol. The summed E-state index contributed by atoms with van der Waals surface area (Å²) >= 11 is 0. The summed E-state index contributed by atoms with van der Waals surface area (Å²) in [4.78, 5) is 22.3. The highest BCUT2D eigenvalue weighted by atomic mass is 19.4. The van der Waals surface area contributed by atoms with Crippen LogP contribution in [0.25, 0.3) is 0 Å². The van der Waals surface area contributed by atoms with Crippen LogP contribution < -0.4 is 10.6 Å². The highest BCUT2D eigenvalue weighted by Gasteiger charge is 2.30. The molecule has 0 spiro atoms. The fraction of sp³-hybridized carbons (Fsp3) is 0.333. The van der Waals surface area contributed by atoms with Crippen LogP contribution in [-0.2, 0) is 15.8 Å². The summed E-state index contributed by atoms with van der Waals surface area (Å²) in [5.41, 5.74) is -0.812. The number of rotatable bonds is 4.